The van der Waals surface area contributed by atoms with Crippen LogP contribution in [0.1, 0.15) is 11.4 Å². The summed E-state index contributed by atoms with van der Waals surface area (Å²) in [5.41, 5.74) is 3.68. The van der Waals surface area contributed by atoms with Crippen LogP contribution >= 0.6 is 0 Å². The summed E-state index contributed by atoms with van der Waals surface area (Å²) in [6.07, 6.45) is 6.04. The first-order valence-electron chi connectivity index (χ1n) is 9.52. The predicted molar refractivity (Wildman–Crippen MR) is 119 cm³/mol. The van der Waals surface area contributed by atoms with Crippen molar-refractivity contribution >= 4 is 34.0 Å². The quantitative estimate of drug-likeness (QED) is 0.441. The van der Waals surface area contributed by atoms with Gasteiger partial charge in [-0.1, -0.05) is 48.5 Å². The number of aryl methyl sites for hydroxylation is 1. The molecule has 2 heterocycles. The van der Waals surface area contributed by atoms with Gasteiger partial charge in [0.2, 0.25) is 0 Å². The summed E-state index contributed by atoms with van der Waals surface area (Å²) in [4.78, 5) is 18.0. The van der Waals surface area contributed by atoms with E-state index in [1.807, 2.05) is 85.9 Å². The fourth-order valence-corrected chi connectivity index (χ4v) is 3.76. The average Bonchev–Trinajstić information content (AvgIpc) is 3.09. The number of fused-ring (bicyclic) bond motifs is 2. The Kier molecular flexibility index (Phi) is 4.10. The molecule has 0 bridgehead atoms. The summed E-state index contributed by atoms with van der Waals surface area (Å²) in [6, 6.07) is 25.4. The zero-order valence-corrected chi connectivity index (χ0v) is 16.0. The molecular weight excluding hydrogens is 358 g/mol. The molecule has 140 valence electrons. The Morgan fingerprint density at radius 3 is 2.31 bits per heavy atom. The van der Waals surface area contributed by atoms with E-state index >= 15 is 0 Å². The van der Waals surface area contributed by atoms with Gasteiger partial charge in [0.15, 0.2) is 0 Å². The lowest BCUT2D eigenvalue weighted by molar-refractivity contribution is 0.944. The summed E-state index contributed by atoms with van der Waals surface area (Å²) >= 11 is 0. The van der Waals surface area contributed by atoms with Gasteiger partial charge in [-0.05, 0) is 42.5 Å². The largest absolute Gasteiger partial charge is 0.350 e. The van der Waals surface area contributed by atoms with Crippen molar-refractivity contribution in [2.75, 3.05) is 0 Å². The minimum Gasteiger partial charge on any atom is -0.350 e. The van der Waals surface area contributed by atoms with Crippen LogP contribution in [0.15, 0.2) is 89.9 Å². The average molecular weight is 377 g/mol. The lowest BCUT2D eigenvalue weighted by atomic mass is 10.1. The van der Waals surface area contributed by atoms with Gasteiger partial charge in [0.05, 0.1) is 16.6 Å². The van der Waals surface area contributed by atoms with Crippen molar-refractivity contribution in [3.8, 4) is 5.69 Å². The Bertz CT molecular complexity index is 1430. The number of nitrogens with zero attached hydrogens (tertiary/aromatic N) is 3. The first-order chi connectivity index (χ1) is 14.2. The van der Waals surface area contributed by atoms with E-state index in [9.17, 15) is 4.79 Å². The summed E-state index contributed by atoms with van der Waals surface area (Å²) in [5, 5.41) is 1.78. The molecule has 0 N–H and O–H groups in total. The number of aromatic nitrogens is 3. The number of para-hydroxylation sites is 3. The molecule has 29 heavy (non-hydrogen) atoms. The third kappa shape index (κ3) is 2.95. The van der Waals surface area contributed by atoms with Crippen LogP contribution in [0.25, 0.3) is 39.6 Å². The smallest absolute Gasteiger partial charge is 0.266 e. The first-order valence-corrected chi connectivity index (χ1v) is 9.52. The van der Waals surface area contributed by atoms with Crippen LogP contribution in [0.5, 0.6) is 0 Å². The van der Waals surface area contributed by atoms with Crippen LogP contribution < -0.4 is 5.56 Å². The summed E-state index contributed by atoms with van der Waals surface area (Å²) in [5.74, 6) is 0.604. The fraction of sp³-hybridized carbons (Fsp3) is 0.0400. The van der Waals surface area contributed by atoms with E-state index in [-0.39, 0.29) is 5.56 Å². The Hall–Kier alpha value is -3.92. The van der Waals surface area contributed by atoms with Gasteiger partial charge in [-0.25, -0.2) is 4.98 Å². The molecule has 0 aliphatic carbocycles. The van der Waals surface area contributed by atoms with Gasteiger partial charge in [0.25, 0.3) is 5.56 Å². The Morgan fingerprint density at radius 2 is 1.48 bits per heavy atom. The summed E-state index contributed by atoms with van der Waals surface area (Å²) in [7, 11) is 2.04. The van der Waals surface area contributed by atoms with Crippen LogP contribution in [0.3, 0.4) is 0 Å². The van der Waals surface area contributed by atoms with Crippen molar-refractivity contribution < 1.29 is 0 Å². The van der Waals surface area contributed by atoms with E-state index in [2.05, 4.69) is 22.9 Å². The number of hydrogen-bond acceptors (Lipinski definition) is 2. The number of rotatable bonds is 3. The molecule has 2 aromatic heterocycles. The third-order valence-corrected chi connectivity index (χ3v) is 5.16. The SMILES string of the molecule is Cn1cc(C=Cc2nc3ccccc3c(=O)n2-c2ccccc2)c2ccccc21. The highest BCUT2D eigenvalue weighted by Gasteiger charge is 2.11. The Labute approximate surface area is 168 Å². The molecule has 0 aliphatic heterocycles. The second kappa shape index (κ2) is 6.91. The minimum absolute atomic E-state index is 0.0700. The molecule has 0 radical (unpaired) electrons. The van der Waals surface area contributed by atoms with E-state index in [0.29, 0.717) is 16.7 Å². The molecule has 0 saturated carbocycles. The molecule has 3 aromatic carbocycles. The minimum atomic E-state index is -0.0700. The molecule has 5 rings (SSSR count). The van der Waals surface area contributed by atoms with E-state index < -0.39 is 0 Å². The number of benzene rings is 3. The fourth-order valence-electron chi connectivity index (χ4n) is 3.76. The van der Waals surface area contributed by atoms with Crippen molar-refractivity contribution in [2.45, 2.75) is 0 Å². The van der Waals surface area contributed by atoms with E-state index in [4.69, 9.17) is 4.98 Å². The normalized spacial score (nSPS) is 11.6. The molecule has 0 fully saturated rings. The maximum atomic E-state index is 13.3. The van der Waals surface area contributed by atoms with E-state index in [0.717, 1.165) is 11.3 Å². The van der Waals surface area contributed by atoms with Gasteiger partial charge in [-0.2, -0.15) is 0 Å². The topological polar surface area (TPSA) is 39.8 Å². The highest BCUT2D eigenvalue weighted by Crippen LogP contribution is 2.23. The first kappa shape index (κ1) is 17.2. The van der Waals surface area contributed by atoms with E-state index in [1.165, 1.54) is 10.9 Å². The van der Waals surface area contributed by atoms with Crippen LogP contribution in [0.2, 0.25) is 0 Å². The third-order valence-electron chi connectivity index (χ3n) is 5.16. The zero-order chi connectivity index (χ0) is 19.8. The second-order valence-electron chi connectivity index (χ2n) is 7.01. The molecule has 5 aromatic rings. The summed E-state index contributed by atoms with van der Waals surface area (Å²) < 4.78 is 3.77. The van der Waals surface area contributed by atoms with Crippen molar-refractivity contribution in [3.05, 3.63) is 107 Å². The van der Waals surface area contributed by atoms with Gasteiger partial charge in [0, 0.05) is 29.7 Å². The molecule has 0 amide bonds. The highest BCUT2D eigenvalue weighted by atomic mass is 16.1. The van der Waals surface area contributed by atoms with Crippen molar-refractivity contribution in [3.63, 3.8) is 0 Å². The van der Waals surface area contributed by atoms with E-state index in [1.54, 1.807) is 4.57 Å². The van der Waals surface area contributed by atoms with Gasteiger partial charge >= 0.3 is 0 Å². The molecule has 0 spiro atoms. The number of hydrogen-bond donors (Lipinski definition) is 0. The van der Waals surface area contributed by atoms with Crippen molar-refractivity contribution in [1.29, 1.82) is 0 Å². The molecule has 0 aliphatic rings. The molecule has 0 atom stereocenters. The predicted octanol–water partition coefficient (Wildman–Crippen LogP) is 5.05. The van der Waals surface area contributed by atoms with Crippen LogP contribution in [-0.2, 0) is 7.05 Å². The molecule has 0 unspecified atom stereocenters. The highest BCUT2D eigenvalue weighted by molar-refractivity contribution is 5.92. The Balaban J connectivity index is 1.73. The molecule has 4 nitrogen and oxygen atoms in total. The lowest BCUT2D eigenvalue weighted by Gasteiger charge is -2.11. The summed E-state index contributed by atoms with van der Waals surface area (Å²) in [6.45, 7) is 0. The Morgan fingerprint density at radius 1 is 0.793 bits per heavy atom. The maximum absolute atomic E-state index is 13.3. The van der Waals surface area contributed by atoms with Crippen molar-refractivity contribution in [1.82, 2.24) is 14.1 Å². The van der Waals surface area contributed by atoms with Crippen LogP contribution in [-0.4, -0.2) is 14.1 Å². The monoisotopic (exact) mass is 377 g/mol. The molecule has 4 heteroatoms. The van der Waals surface area contributed by atoms with Crippen molar-refractivity contribution in [2.24, 2.45) is 7.05 Å². The standard InChI is InChI=1S/C25H19N3O/c1-27-17-18(20-11-6-8-14-23(20)27)15-16-24-26-22-13-7-5-12-21(22)25(29)28(24)19-9-3-2-4-10-19/h2-17H,1H3. The lowest BCUT2D eigenvalue weighted by Crippen LogP contribution is -2.22. The van der Waals surface area contributed by atoms with Crippen LogP contribution in [0.4, 0.5) is 0 Å². The van der Waals surface area contributed by atoms with Gasteiger partial charge in [0.1, 0.15) is 5.82 Å². The van der Waals surface area contributed by atoms with Gasteiger partial charge in [-0.3, -0.25) is 9.36 Å². The van der Waals surface area contributed by atoms with Crippen LogP contribution in [0, 0.1) is 0 Å². The molecular formula is C25H19N3O. The molecule has 0 saturated heterocycles. The zero-order valence-electron chi connectivity index (χ0n) is 16.0. The maximum Gasteiger partial charge on any atom is 0.266 e. The van der Waals surface area contributed by atoms with Gasteiger partial charge in [-0.15, -0.1) is 0 Å². The second-order valence-corrected chi connectivity index (χ2v) is 7.01. The van der Waals surface area contributed by atoms with Gasteiger partial charge < -0.3 is 4.57 Å².